The quantitative estimate of drug-likeness (QED) is 0.588. The van der Waals surface area contributed by atoms with E-state index in [1.165, 1.54) is 0 Å². The lowest BCUT2D eigenvalue weighted by atomic mass is 9.97. The zero-order chi connectivity index (χ0) is 7.40. The molecule has 10 heavy (non-hydrogen) atoms. The van der Waals surface area contributed by atoms with E-state index < -0.39 is 0 Å². The molecule has 1 N–H and O–H groups in total. The number of ether oxygens (including phenoxy) is 1. The van der Waals surface area contributed by atoms with E-state index in [0.29, 0.717) is 5.92 Å². The van der Waals surface area contributed by atoms with Crippen molar-refractivity contribution in [3.8, 4) is 0 Å². The predicted octanol–water partition coefficient (Wildman–Crippen LogP) is 0.878. The van der Waals surface area contributed by atoms with Gasteiger partial charge in [-0.25, -0.2) is 0 Å². The summed E-state index contributed by atoms with van der Waals surface area (Å²) in [4.78, 5) is 0. The Morgan fingerprint density at radius 1 is 1.50 bits per heavy atom. The highest BCUT2D eigenvalue weighted by Gasteiger charge is 2.14. The lowest BCUT2D eigenvalue weighted by Gasteiger charge is -2.16. The van der Waals surface area contributed by atoms with E-state index >= 15 is 0 Å². The van der Waals surface area contributed by atoms with Gasteiger partial charge in [-0.1, -0.05) is 13.8 Å². The van der Waals surface area contributed by atoms with Crippen LogP contribution in [0.15, 0.2) is 0 Å². The normalized spacial score (nSPS) is 28.5. The van der Waals surface area contributed by atoms with Crippen LogP contribution in [-0.4, -0.2) is 26.3 Å². The summed E-state index contributed by atoms with van der Waals surface area (Å²) < 4.78 is 5.41. The molecule has 60 valence electrons. The van der Waals surface area contributed by atoms with Gasteiger partial charge in [0, 0.05) is 13.1 Å². The Labute approximate surface area is 63.0 Å². The maximum absolute atomic E-state index is 5.41. The van der Waals surface area contributed by atoms with Crippen LogP contribution < -0.4 is 5.32 Å². The zero-order valence-electron chi connectivity index (χ0n) is 6.89. The van der Waals surface area contributed by atoms with Crippen LogP contribution in [0.1, 0.15) is 13.8 Å². The molecule has 0 amide bonds. The molecule has 1 saturated heterocycles. The summed E-state index contributed by atoms with van der Waals surface area (Å²) >= 11 is 0. The average molecular weight is 143 g/mol. The third kappa shape index (κ3) is 2.27. The van der Waals surface area contributed by atoms with E-state index in [1.807, 2.05) is 0 Å². The van der Waals surface area contributed by atoms with Gasteiger partial charge in [-0.05, 0) is 11.8 Å². The Morgan fingerprint density at radius 2 is 2.30 bits per heavy atom. The summed E-state index contributed by atoms with van der Waals surface area (Å²) in [6.07, 6.45) is 0. The lowest BCUT2D eigenvalue weighted by Crippen LogP contribution is -2.26. The Balaban J connectivity index is 2.28. The van der Waals surface area contributed by atoms with Crippen LogP contribution in [0, 0.1) is 11.8 Å². The van der Waals surface area contributed by atoms with Gasteiger partial charge in [0.15, 0.2) is 0 Å². The van der Waals surface area contributed by atoms with Crippen molar-refractivity contribution in [1.82, 2.24) is 5.32 Å². The summed E-state index contributed by atoms with van der Waals surface area (Å²) in [5.41, 5.74) is 0. The first-order valence-electron chi connectivity index (χ1n) is 4.09. The van der Waals surface area contributed by atoms with E-state index in [9.17, 15) is 0 Å². The fourth-order valence-corrected chi connectivity index (χ4v) is 1.15. The van der Waals surface area contributed by atoms with Crippen LogP contribution in [0.2, 0.25) is 0 Å². The Hall–Kier alpha value is -0.0800. The summed E-state index contributed by atoms with van der Waals surface area (Å²) in [6.45, 7) is 8.46. The molecule has 0 aliphatic carbocycles. The molecule has 1 rings (SSSR count). The molecule has 0 bridgehead atoms. The van der Waals surface area contributed by atoms with Crippen molar-refractivity contribution in [2.24, 2.45) is 11.8 Å². The van der Waals surface area contributed by atoms with Gasteiger partial charge < -0.3 is 10.1 Å². The molecular weight excluding hydrogens is 126 g/mol. The van der Waals surface area contributed by atoms with Crippen molar-refractivity contribution < 1.29 is 4.74 Å². The van der Waals surface area contributed by atoms with Crippen LogP contribution in [0.4, 0.5) is 0 Å². The van der Waals surface area contributed by atoms with E-state index in [2.05, 4.69) is 19.2 Å². The summed E-state index contributed by atoms with van der Waals surface area (Å²) in [6, 6.07) is 0. The van der Waals surface area contributed by atoms with Gasteiger partial charge in [0.05, 0.1) is 13.2 Å². The van der Waals surface area contributed by atoms with E-state index in [0.717, 1.165) is 32.2 Å². The molecule has 1 atom stereocenters. The first kappa shape index (κ1) is 8.02. The molecule has 1 heterocycles. The molecule has 0 spiro atoms. The highest BCUT2D eigenvalue weighted by Crippen LogP contribution is 2.11. The molecule has 0 aromatic carbocycles. The van der Waals surface area contributed by atoms with Crippen LogP contribution >= 0.6 is 0 Å². The molecule has 0 saturated carbocycles. The predicted molar refractivity (Wildman–Crippen MR) is 42.0 cm³/mol. The minimum Gasteiger partial charge on any atom is -0.380 e. The summed E-state index contributed by atoms with van der Waals surface area (Å²) in [5.74, 6) is 1.45. The number of hydrogen-bond donors (Lipinski definition) is 1. The van der Waals surface area contributed by atoms with Gasteiger partial charge in [-0.3, -0.25) is 0 Å². The third-order valence-corrected chi connectivity index (χ3v) is 2.10. The monoisotopic (exact) mass is 143 g/mol. The molecule has 2 heteroatoms. The van der Waals surface area contributed by atoms with E-state index in [1.54, 1.807) is 0 Å². The molecule has 1 aliphatic rings. The number of rotatable bonds is 1. The smallest absolute Gasteiger partial charge is 0.0591 e. The fraction of sp³-hybridized carbons (Fsp3) is 1.00. The zero-order valence-corrected chi connectivity index (χ0v) is 6.89. The average Bonchev–Trinajstić information content (AvgIpc) is 2.12. The highest BCUT2D eigenvalue weighted by atomic mass is 16.5. The minimum absolute atomic E-state index is 0.711. The SMILES string of the molecule is CC(C)[C@H]1CNCCOC1. The van der Waals surface area contributed by atoms with Crippen molar-refractivity contribution in [3.05, 3.63) is 0 Å². The summed E-state index contributed by atoms with van der Waals surface area (Å²) in [7, 11) is 0. The van der Waals surface area contributed by atoms with Crippen molar-refractivity contribution in [1.29, 1.82) is 0 Å². The van der Waals surface area contributed by atoms with Crippen molar-refractivity contribution in [2.45, 2.75) is 13.8 Å². The molecule has 1 aliphatic heterocycles. The Bertz CT molecular complexity index is 85.3. The Kier molecular flexibility index (Phi) is 3.16. The van der Waals surface area contributed by atoms with Gasteiger partial charge in [-0.2, -0.15) is 0 Å². The second kappa shape index (κ2) is 3.94. The Morgan fingerprint density at radius 3 is 3.00 bits per heavy atom. The second-order valence-corrected chi connectivity index (χ2v) is 3.28. The van der Waals surface area contributed by atoms with Gasteiger partial charge in [0.25, 0.3) is 0 Å². The van der Waals surface area contributed by atoms with Gasteiger partial charge in [0.2, 0.25) is 0 Å². The second-order valence-electron chi connectivity index (χ2n) is 3.28. The van der Waals surface area contributed by atoms with Gasteiger partial charge in [0.1, 0.15) is 0 Å². The van der Waals surface area contributed by atoms with Crippen molar-refractivity contribution in [3.63, 3.8) is 0 Å². The third-order valence-electron chi connectivity index (χ3n) is 2.10. The molecule has 0 aromatic rings. The fourth-order valence-electron chi connectivity index (χ4n) is 1.15. The van der Waals surface area contributed by atoms with Crippen LogP contribution in [0.3, 0.4) is 0 Å². The molecule has 0 radical (unpaired) electrons. The molecule has 0 aromatic heterocycles. The number of hydrogen-bond acceptors (Lipinski definition) is 2. The van der Waals surface area contributed by atoms with E-state index in [4.69, 9.17) is 4.74 Å². The lowest BCUT2D eigenvalue weighted by molar-refractivity contribution is 0.108. The summed E-state index contributed by atoms with van der Waals surface area (Å²) in [5, 5.41) is 3.35. The van der Waals surface area contributed by atoms with E-state index in [-0.39, 0.29) is 0 Å². The minimum atomic E-state index is 0.711. The molecular formula is C8H17NO. The topological polar surface area (TPSA) is 21.3 Å². The molecule has 0 unspecified atom stereocenters. The first-order chi connectivity index (χ1) is 4.80. The molecule has 1 fully saturated rings. The van der Waals surface area contributed by atoms with Crippen molar-refractivity contribution in [2.75, 3.05) is 26.3 Å². The standard InChI is InChI=1S/C8H17NO/c1-7(2)8-5-9-3-4-10-6-8/h7-9H,3-6H2,1-2H3/t8-/m0/s1. The largest absolute Gasteiger partial charge is 0.380 e. The highest BCUT2D eigenvalue weighted by molar-refractivity contribution is 4.67. The van der Waals surface area contributed by atoms with Crippen LogP contribution in [-0.2, 0) is 4.74 Å². The van der Waals surface area contributed by atoms with Crippen molar-refractivity contribution >= 4 is 0 Å². The molecule has 2 nitrogen and oxygen atoms in total. The van der Waals surface area contributed by atoms with Gasteiger partial charge >= 0.3 is 0 Å². The van der Waals surface area contributed by atoms with Crippen LogP contribution in [0.25, 0.3) is 0 Å². The maximum Gasteiger partial charge on any atom is 0.0591 e. The van der Waals surface area contributed by atoms with Crippen LogP contribution in [0.5, 0.6) is 0 Å². The van der Waals surface area contributed by atoms with Gasteiger partial charge in [-0.15, -0.1) is 0 Å². The first-order valence-corrected chi connectivity index (χ1v) is 4.09. The number of nitrogens with one attached hydrogen (secondary N) is 1. The maximum atomic E-state index is 5.41.